The molecule has 2 atom stereocenters. The number of hydrogen-bond donors (Lipinski definition) is 0. The molecule has 2 unspecified atom stereocenters. The Morgan fingerprint density at radius 3 is 2.48 bits per heavy atom. The topological polar surface area (TPSA) is 67.3 Å². The normalized spacial score (nSPS) is 23.0. The third-order valence-corrected chi connectivity index (χ3v) is 3.26. The van der Waals surface area contributed by atoms with Gasteiger partial charge in [0.05, 0.1) is 19.6 Å². The molecule has 2 aliphatic rings. The van der Waals surface area contributed by atoms with Crippen molar-refractivity contribution in [2.24, 2.45) is 0 Å². The van der Waals surface area contributed by atoms with Gasteiger partial charge in [-0.15, -0.1) is 0 Å². The van der Waals surface area contributed by atoms with Crippen LogP contribution in [0.2, 0.25) is 0 Å². The minimum atomic E-state index is -0.237. The van der Waals surface area contributed by atoms with Crippen LogP contribution < -0.4 is 24.8 Å². The van der Waals surface area contributed by atoms with E-state index in [0.717, 1.165) is 5.70 Å². The minimum absolute atomic E-state index is 0. The van der Waals surface area contributed by atoms with Gasteiger partial charge in [0, 0.05) is 25.0 Å². The smallest absolute Gasteiger partial charge is 1.00 e. The Morgan fingerprint density at radius 2 is 1.96 bits per heavy atom. The van der Waals surface area contributed by atoms with E-state index in [-0.39, 0.29) is 56.8 Å². The SMILES string of the molecule is CCOC1CN(C2=CCC(=[N+]=[N-])C=C2)C(OCC)CO1.[Cl-].[Cl-].[Zn+2]. The molecule has 2 rings (SSSR count). The summed E-state index contributed by atoms with van der Waals surface area (Å²) in [5.74, 6) is 0. The van der Waals surface area contributed by atoms with Crippen molar-refractivity contribution in [1.29, 1.82) is 0 Å². The number of morpholine rings is 1. The molecule has 0 aromatic heterocycles. The van der Waals surface area contributed by atoms with Gasteiger partial charge in [0.15, 0.2) is 12.5 Å². The molecule has 1 heterocycles. The Kier molecular flexibility index (Phi) is 14.2. The molecule has 1 fully saturated rings. The molecule has 1 aliphatic carbocycles. The van der Waals surface area contributed by atoms with Gasteiger partial charge in [-0.1, -0.05) is 0 Å². The summed E-state index contributed by atoms with van der Waals surface area (Å²) >= 11 is 0. The molecule has 0 amide bonds. The third-order valence-electron chi connectivity index (χ3n) is 3.26. The van der Waals surface area contributed by atoms with E-state index in [1.54, 1.807) is 0 Å². The van der Waals surface area contributed by atoms with Crippen molar-refractivity contribution in [3.63, 3.8) is 0 Å². The second kappa shape index (κ2) is 13.1. The van der Waals surface area contributed by atoms with Crippen LogP contribution in [-0.4, -0.2) is 54.3 Å². The molecule has 0 N–H and O–H groups in total. The first-order valence-electron chi connectivity index (χ1n) is 6.99. The zero-order chi connectivity index (χ0) is 14.4. The number of halogens is 2. The molecular formula is C14H21Cl2N3O3Zn. The number of ether oxygens (including phenoxy) is 3. The van der Waals surface area contributed by atoms with Crippen LogP contribution in [0.1, 0.15) is 20.3 Å². The van der Waals surface area contributed by atoms with Crippen molar-refractivity contribution >= 4 is 5.71 Å². The molecule has 0 bridgehead atoms. The monoisotopic (exact) mass is 413 g/mol. The Labute approximate surface area is 162 Å². The van der Waals surface area contributed by atoms with Gasteiger partial charge in [-0.2, -0.15) is 4.79 Å². The zero-order valence-electron chi connectivity index (χ0n) is 13.5. The van der Waals surface area contributed by atoms with Gasteiger partial charge in [0.25, 0.3) is 5.71 Å². The molecule has 6 nitrogen and oxygen atoms in total. The second-order valence-corrected chi connectivity index (χ2v) is 4.54. The largest absolute Gasteiger partial charge is 2.00 e. The Morgan fingerprint density at radius 1 is 1.26 bits per heavy atom. The van der Waals surface area contributed by atoms with E-state index in [4.69, 9.17) is 19.7 Å². The van der Waals surface area contributed by atoms with Gasteiger partial charge in [-0.3, -0.25) is 0 Å². The predicted molar refractivity (Wildman–Crippen MR) is 74.0 cm³/mol. The van der Waals surface area contributed by atoms with E-state index in [1.807, 2.05) is 32.1 Å². The zero-order valence-corrected chi connectivity index (χ0v) is 17.9. The van der Waals surface area contributed by atoms with Gasteiger partial charge in [0.2, 0.25) is 0 Å². The van der Waals surface area contributed by atoms with Crippen LogP contribution >= 0.6 is 0 Å². The molecule has 0 spiro atoms. The van der Waals surface area contributed by atoms with E-state index < -0.39 is 0 Å². The van der Waals surface area contributed by atoms with Gasteiger partial charge in [-0.05, 0) is 26.0 Å². The van der Waals surface area contributed by atoms with E-state index in [0.29, 0.717) is 38.5 Å². The molecule has 126 valence electrons. The summed E-state index contributed by atoms with van der Waals surface area (Å²) < 4.78 is 16.9. The Balaban J connectivity index is 0. The fourth-order valence-corrected chi connectivity index (χ4v) is 2.31. The maximum Gasteiger partial charge on any atom is 2.00 e. The van der Waals surface area contributed by atoms with Crippen molar-refractivity contribution in [1.82, 2.24) is 4.90 Å². The van der Waals surface area contributed by atoms with Crippen LogP contribution in [0.5, 0.6) is 0 Å². The molecule has 9 heteroatoms. The summed E-state index contributed by atoms with van der Waals surface area (Å²) in [4.78, 5) is 5.35. The third kappa shape index (κ3) is 7.02. The minimum Gasteiger partial charge on any atom is -1.00 e. The van der Waals surface area contributed by atoms with Crippen LogP contribution in [0.3, 0.4) is 0 Å². The average Bonchev–Trinajstić information content (AvgIpc) is 2.49. The van der Waals surface area contributed by atoms with Gasteiger partial charge in [0.1, 0.15) is 0 Å². The number of nitrogens with zero attached hydrogens (tertiary/aromatic N) is 3. The fourth-order valence-electron chi connectivity index (χ4n) is 2.31. The van der Waals surface area contributed by atoms with Crippen LogP contribution in [0.25, 0.3) is 5.53 Å². The fraction of sp³-hybridized carbons (Fsp3) is 0.643. The van der Waals surface area contributed by atoms with Crippen molar-refractivity contribution in [3.05, 3.63) is 29.5 Å². The summed E-state index contributed by atoms with van der Waals surface area (Å²) in [6.45, 7) is 6.27. The number of hydrogen-bond acceptors (Lipinski definition) is 4. The summed E-state index contributed by atoms with van der Waals surface area (Å²) in [5.41, 5.74) is 10.5. The van der Waals surface area contributed by atoms with E-state index >= 15 is 0 Å². The molecule has 0 saturated carbocycles. The van der Waals surface area contributed by atoms with Crippen LogP contribution in [0.4, 0.5) is 0 Å². The Bertz CT molecular complexity index is 457. The molecular weight excluding hydrogens is 394 g/mol. The number of allylic oxidation sites excluding steroid dienone is 3. The quantitative estimate of drug-likeness (QED) is 0.258. The molecule has 0 aromatic carbocycles. The summed E-state index contributed by atoms with van der Waals surface area (Å²) in [5, 5.41) is 0. The van der Waals surface area contributed by atoms with Crippen LogP contribution in [-0.2, 0) is 33.7 Å². The first-order chi connectivity index (χ1) is 9.78. The first kappa shape index (κ1) is 25.0. The van der Waals surface area contributed by atoms with Crippen LogP contribution in [0, 0.1) is 0 Å². The average molecular weight is 416 g/mol. The Hall–Kier alpha value is -0.257. The van der Waals surface area contributed by atoms with E-state index in [1.165, 1.54) is 0 Å². The first-order valence-corrected chi connectivity index (χ1v) is 6.99. The summed E-state index contributed by atoms with van der Waals surface area (Å²) in [6, 6.07) is 0. The molecule has 1 saturated heterocycles. The summed E-state index contributed by atoms with van der Waals surface area (Å²) in [6.07, 6.45) is 6.02. The van der Waals surface area contributed by atoms with E-state index in [9.17, 15) is 0 Å². The van der Waals surface area contributed by atoms with Crippen molar-refractivity contribution in [2.45, 2.75) is 32.8 Å². The van der Waals surface area contributed by atoms with Crippen molar-refractivity contribution < 1.29 is 63.3 Å². The van der Waals surface area contributed by atoms with Crippen LogP contribution in [0.15, 0.2) is 23.9 Å². The standard InChI is InChI=1S/C14H21N3O3.2ClH.Zn/c1-3-18-13-10-20-14(19-4-2)9-17(13)12-7-5-11(16-15)6-8-12;;;/h5,7-8,13-14H,3-4,6,9-10H2,1-2H3;2*1H;/q;;;+2/p-2. The maximum absolute atomic E-state index is 8.77. The summed E-state index contributed by atoms with van der Waals surface area (Å²) in [7, 11) is 0. The van der Waals surface area contributed by atoms with Crippen molar-refractivity contribution in [3.8, 4) is 0 Å². The van der Waals surface area contributed by atoms with Gasteiger partial charge in [-0.25, -0.2) is 0 Å². The molecule has 1 aliphatic heterocycles. The number of rotatable bonds is 5. The molecule has 23 heavy (non-hydrogen) atoms. The molecule has 0 radical (unpaired) electrons. The van der Waals surface area contributed by atoms with Gasteiger partial charge >= 0.3 is 19.5 Å². The molecule has 0 aromatic rings. The second-order valence-electron chi connectivity index (χ2n) is 4.54. The van der Waals surface area contributed by atoms with Gasteiger partial charge < -0.3 is 49.5 Å². The maximum atomic E-state index is 8.77. The predicted octanol–water partition coefficient (Wildman–Crippen LogP) is -4.44. The van der Waals surface area contributed by atoms with E-state index in [2.05, 4.69) is 9.69 Å². The van der Waals surface area contributed by atoms with Crippen molar-refractivity contribution in [2.75, 3.05) is 26.4 Å².